The number of nitrogens with zero attached hydrogens (tertiary/aromatic N) is 2. The Balaban J connectivity index is 1.84. The predicted molar refractivity (Wildman–Crippen MR) is 127 cm³/mol. The summed E-state index contributed by atoms with van der Waals surface area (Å²) in [5.41, 5.74) is -0.0433. The molecular formula is C26H28F2N4O3. The molecule has 1 aliphatic heterocycles. The second kappa shape index (κ2) is 10.2. The Morgan fingerprint density at radius 2 is 1.89 bits per heavy atom. The second-order valence-electron chi connectivity index (χ2n) is 9.43. The molecule has 0 bridgehead atoms. The number of halogens is 2. The Labute approximate surface area is 203 Å². The van der Waals surface area contributed by atoms with Crippen molar-refractivity contribution in [3.05, 3.63) is 59.7 Å². The van der Waals surface area contributed by atoms with Crippen LogP contribution in [0.25, 0.3) is 0 Å². The SMILES string of the molecule is CC(C)CC(C(=O)Nc1cc(F)ccc1F)C(=O)N(C)[C@H](C#N)C[C@@]1(C)C(=O)Nc2ccccc21. The van der Waals surface area contributed by atoms with Crippen molar-refractivity contribution < 1.29 is 23.2 Å². The van der Waals surface area contributed by atoms with Crippen molar-refractivity contribution in [2.75, 3.05) is 17.7 Å². The van der Waals surface area contributed by atoms with Crippen LogP contribution in [0.5, 0.6) is 0 Å². The van der Waals surface area contributed by atoms with E-state index in [9.17, 15) is 28.4 Å². The van der Waals surface area contributed by atoms with Gasteiger partial charge in [0.1, 0.15) is 23.6 Å². The van der Waals surface area contributed by atoms with E-state index in [4.69, 9.17) is 0 Å². The molecule has 3 amide bonds. The lowest BCUT2D eigenvalue weighted by atomic mass is 9.78. The number of carbonyl (C=O) groups is 3. The van der Waals surface area contributed by atoms with Gasteiger partial charge < -0.3 is 15.5 Å². The van der Waals surface area contributed by atoms with Crippen molar-refractivity contribution >= 4 is 29.1 Å². The fourth-order valence-corrected chi connectivity index (χ4v) is 4.32. The van der Waals surface area contributed by atoms with Crippen LogP contribution in [-0.2, 0) is 19.8 Å². The highest BCUT2D eigenvalue weighted by Crippen LogP contribution is 2.41. The van der Waals surface area contributed by atoms with Gasteiger partial charge in [-0.2, -0.15) is 5.26 Å². The van der Waals surface area contributed by atoms with Crippen LogP contribution in [0.15, 0.2) is 42.5 Å². The molecule has 2 aromatic carbocycles. The molecule has 7 nitrogen and oxygen atoms in total. The van der Waals surface area contributed by atoms with Crippen LogP contribution in [-0.4, -0.2) is 35.7 Å². The number of hydrogen-bond donors (Lipinski definition) is 2. The van der Waals surface area contributed by atoms with Gasteiger partial charge in [-0.15, -0.1) is 0 Å². The molecule has 2 aromatic rings. The number of hydrogen-bond acceptors (Lipinski definition) is 4. The highest BCUT2D eigenvalue weighted by Gasteiger charge is 2.46. The minimum atomic E-state index is -1.24. The van der Waals surface area contributed by atoms with Crippen molar-refractivity contribution in [1.82, 2.24) is 4.90 Å². The van der Waals surface area contributed by atoms with E-state index in [1.54, 1.807) is 31.2 Å². The first-order valence-corrected chi connectivity index (χ1v) is 11.3. The summed E-state index contributed by atoms with van der Waals surface area (Å²) in [5.74, 6) is -4.61. The maximum absolute atomic E-state index is 14.1. The minimum Gasteiger partial charge on any atom is -0.329 e. The van der Waals surface area contributed by atoms with Gasteiger partial charge in [0.25, 0.3) is 0 Å². The Morgan fingerprint density at radius 1 is 1.20 bits per heavy atom. The molecule has 3 rings (SSSR count). The molecule has 9 heteroatoms. The van der Waals surface area contributed by atoms with E-state index < -0.39 is 40.8 Å². The van der Waals surface area contributed by atoms with Crippen LogP contribution in [0.2, 0.25) is 0 Å². The maximum Gasteiger partial charge on any atom is 0.237 e. The summed E-state index contributed by atoms with van der Waals surface area (Å²) in [5, 5.41) is 15.0. The molecule has 0 saturated carbocycles. The molecule has 1 unspecified atom stereocenters. The Hall–Kier alpha value is -3.80. The van der Waals surface area contributed by atoms with Crippen LogP contribution < -0.4 is 10.6 Å². The van der Waals surface area contributed by atoms with E-state index in [2.05, 4.69) is 16.7 Å². The average Bonchev–Trinajstić information content (AvgIpc) is 3.07. The highest BCUT2D eigenvalue weighted by atomic mass is 19.1. The number of nitriles is 1. The number of amides is 3. The predicted octanol–water partition coefficient (Wildman–Crippen LogP) is 4.22. The van der Waals surface area contributed by atoms with Gasteiger partial charge in [-0.05, 0) is 49.4 Å². The summed E-state index contributed by atoms with van der Waals surface area (Å²) in [6.07, 6.45) is 0.147. The first kappa shape index (κ1) is 25.8. The molecule has 1 heterocycles. The number of benzene rings is 2. The smallest absolute Gasteiger partial charge is 0.237 e. The summed E-state index contributed by atoms with van der Waals surface area (Å²) in [4.78, 5) is 40.4. The summed E-state index contributed by atoms with van der Waals surface area (Å²) in [6, 6.07) is 10.9. The van der Waals surface area contributed by atoms with Gasteiger partial charge >= 0.3 is 0 Å². The van der Waals surface area contributed by atoms with E-state index >= 15 is 0 Å². The molecule has 3 atom stereocenters. The normalized spacial score (nSPS) is 18.3. The Bertz CT molecular complexity index is 1190. The molecule has 0 aliphatic carbocycles. The van der Waals surface area contributed by atoms with E-state index in [-0.39, 0.29) is 30.4 Å². The number of carbonyl (C=O) groups excluding carboxylic acids is 3. The summed E-state index contributed by atoms with van der Waals surface area (Å²) >= 11 is 0. The minimum absolute atomic E-state index is 0.0170. The third-order valence-electron chi connectivity index (χ3n) is 6.34. The second-order valence-corrected chi connectivity index (χ2v) is 9.43. The molecule has 0 spiro atoms. The van der Waals surface area contributed by atoms with E-state index in [1.165, 1.54) is 7.05 Å². The average molecular weight is 483 g/mol. The zero-order valence-corrected chi connectivity index (χ0v) is 20.1. The van der Waals surface area contributed by atoms with Gasteiger partial charge in [-0.25, -0.2) is 8.78 Å². The standard InChI is InChI=1S/C26H28F2N4O3/c1-15(2)11-18(23(33)30-22-12-16(27)9-10-20(22)28)24(34)32(4)17(14-29)13-26(3)19-7-5-6-8-21(19)31-25(26)35/h5-10,12,15,17-18H,11,13H2,1-4H3,(H,30,33)(H,31,35)/t17-,18?,26+/m0/s1. The van der Waals surface area contributed by atoms with E-state index in [0.717, 1.165) is 28.7 Å². The van der Waals surface area contributed by atoms with Crippen LogP contribution in [0, 0.1) is 34.8 Å². The molecule has 0 aromatic heterocycles. The monoisotopic (exact) mass is 482 g/mol. The van der Waals surface area contributed by atoms with Crippen molar-refractivity contribution in [2.24, 2.45) is 11.8 Å². The maximum atomic E-state index is 14.1. The fourth-order valence-electron chi connectivity index (χ4n) is 4.32. The van der Waals surface area contributed by atoms with Crippen LogP contribution in [0.4, 0.5) is 20.2 Å². The van der Waals surface area contributed by atoms with Crippen LogP contribution >= 0.6 is 0 Å². The summed E-state index contributed by atoms with van der Waals surface area (Å²) in [6.45, 7) is 5.35. The lowest BCUT2D eigenvalue weighted by molar-refractivity contribution is -0.141. The molecular weight excluding hydrogens is 454 g/mol. The zero-order chi connectivity index (χ0) is 25.9. The Morgan fingerprint density at radius 3 is 2.54 bits per heavy atom. The zero-order valence-electron chi connectivity index (χ0n) is 20.1. The number of anilines is 2. The van der Waals surface area contributed by atoms with Gasteiger partial charge in [0.05, 0.1) is 17.2 Å². The molecule has 0 saturated heterocycles. The molecule has 0 radical (unpaired) electrons. The van der Waals surface area contributed by atoms with Gasteiger partial charge in [0.2, 0.25) is 17.7 Å². The molecule has 1 aliphatic rings. The molecule has 35 heavy (non-hydrogen) atoms. The lowest BCUT2D eigenvalue weighted by Gasteiger charge is -2.32. The third kappa shape index (κ3) is 5.32. The lowest BCUT2D eigenvalue weighted by Crippen LogP contribution is -2.47. The topological polar surface area (TPSA) is 102 Å². The first-order valence-electron chi connectivity index (χ1n) is 11.3. The van der Waals surface area contributed by atoms with Gasteiger partial charge in [-0.3, -0.25) is 14.4 Å². The first-order chi connectivity index (χ1) is 16.5. The van der Waals surface area contributed by atoms with E-state index in [1.807, 2.05) is 13.8 Å². The van der Waals surface area contributed by atoms with Crippen molar-refractivity contribution in [2.45, 2.75) is 45.1 Å². The van der Waals surface area contributed by atoms with Crippen molar-refractivity contribution in [1.29, 1.82) is 5.26 Å². The third-order valence-corrected chi connectivity index (χ3v) is 6.34. The number of para-hydroxylation sites is 1. The number of rotatable bonds is 8. The van der Waals surface area contributed by atoms with Crippen LogP contribution in [0.3, 0.4) is 0 Å². The van der Waals surface area contributed by atoms with Crippen LogP contribution in [0.1, 0.15) is 39.2 Å². The molecule has 2 N–H and O–H groups in total. The van der Waals surface area contributed by atoms with Gasteiger partial charge in [-0.1, -0.05) is 32.0 Å². The Kier molecular flexibility index (Phi) is 7.54. The summed E-state index contributed by atoms with van der Waals surface area (Å²) < 4.78 is 27.6. The summed E-state index contributed by atoms with van der Waals surface area (Å²) in [7, 11) is 1.40. The van der Waals surface area contributed by atoms with Crippen molar-refractivity contribution in [3.8, 4) is 6.07 Å². The molecule has 184 valence electrons. The molecule has 0 fully saturated rings. The number of nitrogens with one attached hydrogen (secondary N) is 2. The van der Waals surface area contributed by atoms with Crippen molar-refractivity contribution in [3.63, 3.8) is 0 Å². The fraction of sp³-hybridized carbons (Fsp3) is 0.385. The largest absolute Gasteiger partial charge is 0.329 e. The van der Waals surface area contributed by atoms with Gasteiger partial charge in [0, 0.05) is 18.8 Å². The quantitative estimate of drug-likeness (QED) is 0.550. The van der Waals surface area contributed by atoms with Gasteiger partial charge in [0.15, 0.2) is 0 Å². The highest BCUT2D eigenvalue weighted by molar-refractivity contribution is 6.07. The van der Waals surface area contributed by atoms with E-state index in [0.29, 0.717) is 5.69 Å². The number of fused-ring (bicyclic) bond motifs is 1.